The zero-order valence-electron chi connectivity index (χ0n) is 12.2. The Bertz CT molecular complexity index is 492. The molecule has 1 saturated heterocycles. The van der Waals surface area contributed by atoms with Gasteiger partial charge in [0.15, 0.2) is 0 Å². The van der Waals surface area contributed by atoms with Crippen LogP contribution in [0.1, 0.15) is 30.9 Å². The highest BCUT2D eigenvalue weighted by molar-refractivity contribution is 5.79. The molecule has 3 nitrogen and oxygen atoms in total. The first-order chi connectivity index (χ1) is 9.74. The Morgan fingerprint density at radius 3 is 2.90 bits per heavy atom. The Hall–Kier alpha value is -1.35. The minimum atomic E-state index is 0.251. The molecule has 0 amide bonds. The maximum absolute atomic E-state index is 11.4. The van der Waals surface area contributed by atoms with Gasteiger partial charge in [0, 0.05) is 38.4 Å². The van der Waals surface area contributed by atoms with Crippen LogP contribution in [0.25, 0.3) is 0 Å². The summed E-state index contributed by atoms with van der Waals surface area (Å²) in [4.78, 5) is 13.9. The molecule has 0 aliphatic carbocycles. The fourth-order valence-electron chi connectivity index (χ4n) is 3.44. The van der Waals surface area contributed by atoms with Crippen LogP contribution in [0, 0.1) is 5.92 Å². The van der Waals surface area contributed by atoms with Crippen molar-refractivity contribution in [1.29, 1.82) is 0 Å². The molecule has 20 heavy (non-hydrogen) atoms. The molecular formula is C17H23NO2. The Balaban J connectivity index is 1.74. The molecule has 1 fully saturated rings. The largest absolute Gasteiger partial charge is 0.381 e. The van der Waals surface area contributed by atoms with E-state index in [2.05, 4.69) is 23.1 Å². The van der Waals surface area contributed by atoms with E-state index in [0.717, 1.165) is 38.6 Å². The lowest BCUT2D eigenvalue weighted by atomic mass is 9.99. The topological polar surface area (TPSA) is 29.5 Å². The molecule has 2 aliphatic heterocycles. The Morgan fingerprint density at radius 2 is 2.15 bits per heavy atom. The molecule has 3 heteroatoms. The standard InChI is InChI=1S/C17H23NO2/c1-13(19)11-15-3-2-4-17-16(15)5-8-18(17)12-14-6-9-20-10-7-14/h2-4,14H,5-12H2,1H3. The third-order valence-corrected chi connectivity index (χ3v) is 4.48. The highest BCUT2D eigenvalue weighted by Gasteiger charge is 2.25. The van der Waals surface area contributed by atoms with Crippen molar-refractivity contribution in [1.82, 2.24) is 0 Å². The van der Waals surface area contributed by atoms with Crippen molar-refractivity contribution in [3.8, 4) is 0 Å². The Labute approximate surface area is 120 Å². The summed E-state index contributed by atoms with van der Waals surface area (Å²) in [6, 6.07) is 6.42. The SMILES string of the molecule is CC(=O)Cc1cccc2c1CCN2CC1CCOCC1. The van der Waals surface area contributed by atoms with E-state index in [4.69, 9.17) is 4.74 Å². The number of anilines is 1. The molecule has 1 aromatic carbocycles. The second-order valence-corrected chi connectivity index (χ2v) is 6.05. The van der Waals surface area contributed by atoms with Gasteiger partial charge in [0.2, 0.25) is 0 Å². The molecule has 3 rings (SSSR count). The van der Waals surface area contributed by atoms with Crippen LogP contribution < -0.4 is 4.90 Å². The van der Waals surface area contributed by atoms with E-state index < -0.39 is 0 Å². The van der Waals surface area contributed by atoms with E-state index in [1.54, 1.807) is 6.92 Å². The molecule has 0 atom stereocenters. The summed E-state index contributed by atoms with van der Waals surface area (Å²) < 4.78 is 5.44. The third kappa shape index (κ3) is 2.88. The minimum Gasteiger partial charge on any atom is -0.381 e. The molecule has 0 N–H and O–H groups in total. The predicted octanol–water partition coefficient (Wildman–Crippen LogP) is 2.61. The fraction of sp³-hybridized carbons (Fsp3) is 0.588. The van der Waals surface area contributed by atoms with E-state index in [9.17, 15) is 4.79 Å². The molecule has 1 aromatic rings. The zero-order chi connectivity index (χ0) is 13.9. The molecule has 2 heterocycles. The quantitative estimate of drug-likeness (QED) is 0.844. The van der Waals surface area contributed by atoms with Gasteiger partial charge in [-0.15, -0.1) is 0 Å². The molecule has 0 unspecified atom stereocenters. The second kappa shape index (κ2) is 5.96. The number of ether oxygens (including phenoxy) is 1. The summed E-state index contributed by atoms with van der Waals surface area (Å²) >= 11 is 0. The van der Waals surface area contributed by atoms with E-state index in [1.165, 1.54) is 29.7 Å². The van der Waals surface area contributed by atoms with Crippen LogP contribution in [-0.2, 0) is 22.4 Å². The number of hydrogen-bond donors (Lipinski definition) is 0. The lowest BCUT2D eigenvalue weighted by Crippen LogP contribution is -2.31. The second-order valence-electron chi connectivity index (χ2n) is 6.05. The smallest absolute Gasteiger partial charge is 0.134 e. The summed E-state index contributed by atoms with van der Waals surface area (Å²) in [6.45, 7) is 5.74. The maximum atomic E-state index is 11.4. The number of fused-ring (bicyclic) bond motifs is 1. The predicted molar refractivity (Wildman–Crippen MR) is 80.3 cm³/mol. The van der Waals surface area contributed by atoms with Crippen molar-refractivity contribution >= 4 is 11.5 Å². The van der Waals surface area contributed by atoms with Gasteiger partial charge < -0.3 is 9.64 Å². The first-order valence-corrected chi connectivity index (χ1v) is 7.67. The number of carbonyl (C=O) groups excluding carboxylic acids is 1. The number of Topliss-reactive ketones (excluding diaryl/α,β-unsaturated/α-hetero) is 1. The van der Waals surface area contributed by atoms with Gasteiger partial charge in [0.1, 0.15) is 5.78 Å². The highest BCUT2D eigenvalue weighted by atomic mass is 16.5. The monoisotopic (exact) mass is 273 g/mol. The third-order valence-electron chi connectivity index (χ3n) is 4.48. The first-order valence-electron chi connectivity index (χ1n) is 7.67. The van der Waals surface area contributed by atoms with Gasteiger partial charge in [-0.3, -0.25) is 4.79 Å². The van der Waals surface area contributed by atoms with Crippen molar-refractivity contribution in [2.75, 3.05) is 31.2 Å². The number of hydrogen-bond acceptors (Lipinski definition) is 3. The highest BCUT2D eigenvalue weighted by Crippen LogP contribution is 2.32. The van der Waals surface area contributed by atoms with Gasteiger partial charge in [0.05, 0.1) is 0 Å². The molecule has 0 bridgehead atoms. The molecule has 2 aliphatic rings. The van der Waals surface area contributed by atoms with Gasteiger partial charge in [-0.05, 0) is 49.3 Å². The van der Waals surface area contributed by atoms with Crippen LogP contribution in [-0.4, -0.2) is 32.1 Å². The molecule has 0 spiro atoms. The summed E-state index contributed by atoms with van der Waals surface area (Å²) in [6.07, 6.45) is 4.02. The fourth-order valence-corrected chi connectivity index (χ4v) is 3.44. The number of carbonyl (C=O) groups is 1. The van der Waals surface area contributed by atoms with Crippen LogP contribution in [0.15, 0.2) is 18.2 Å². The summed E-state index contributed by atoms with van der Waals surface area (Å²) in [5.41, 5.74) is 3.98. The van der Waals surface area contributed by atoms with Crippen LogP contribution in [0.4, 0.5) is 5.69 Å². The van der Waals surface area contributed by atoms with E-state index in [0.29, 0.717) is 6.42 Å². The van der Waals surface area contributed by atoms with Crippen molar-refractivity contribution < 1.29 is 9.53 Å². The summed E-state index contributed by atoms with van der Waals surface area (Å²) in [5, 5.41) is 0. The molecule has 0 radical (unpaired) electrons. The first kappa shape index (κ1) is 13.6. The van der Waals surface area contributed by atoms with E-state index in [-0.39, 0.29) is 5.78 Å². The lowest BCUT2D eigenvalue weighted by molar-refractivity contribution is -0.116. The average molecular weight is 273 g/mol. The maximum Gasteiger partial charge on any atom is 0.134 e. The van der Waals surface area contributed by atoms with Crippen LogP contribution >= 0.6 is 0 Å². The lowest BCUT2D eigenvalue weighted by Gasteiger charge is -2.28. The molecule has 0 saturated carbocycles. The van der Waals surface area contributed by atoms with E-state index in [1.807, 2.05) is 0 Å². The minimum absolute atomic E-state index is 0.251. The van der Waals surface area contributed by atoms with Crippen molar-refractivity contribution in [2.45, 2.75) is 32.6 Å². The van der Waals surface area contributed by atoms with Gasteiger partial charge >= 0.3 is 0 Å². The normalized spacial score (nSPS) is 19.1. The number of ketones is 1. The van der Waals surface area contributed by atoms with Crippen LogP contribution in [0.2, 0.25) is 0 Å². The van der Waals surface area contributed by atoms with Crippen LogP contribution in [0.3, 0.4) is 0 Å². The van der Waals surface area contributed by atoms with Crippen molar-refractivity contribution in [3.63, 3.8) is 0 Å². The number of nitrogens with zero attached hydrogens (tertiary/aromatic N) is 1. The Kier molecular flexibility index (Phi) is 4.06. The Morgan fingerprint density at radius 1 is 1.35 bits per heavy atom. The zero-order valence-corrected chi connectivity index (χ0v) is 12.2. The molecule has 0 aromatic heterocycles. The number of benzene rings is 1. The van der Waals surface area contributed by atoms with Gasteiger partial charge in [-0.25, -0.2) is 0 Å². The summed E-state index contributed by atoms with van der Waals surface area (Å²) in [5.74, 6) is 1.01. The van der Waals surface area contributed by atoms with Crippen molar-refractivity contribution in [2.24, 2.45) is 5.92 Å². The average Bonchev–Trinajstić information content (AvgIpc) is 2.84. The number of rotatable bonds is 4. The molecular weight excluding hydrogens is 250 g/mol. The van der Waals surface area contributed by atoms with Gasteiger partial charge in [-0.2, -0.15) is 0 Å². The summed E-state index contributed by atoms with van der Waals surface area (Å²) in [7, 11) is 0. The molecule has 108 valence electrons. The van der Waals surface area contributed by atoms with Crippen molar-refractivity contribution in [3.05, 3.63) is 29.3 Å². The van der Waals surface area contributed by atoms with Crippen LogP contribution in [0.5, 0.6) is 0 Å². The van der Waals surface area contributed by atoms with E-state index >= 15 is 0 Å². The van der Waals surface area contributed by atoms with Gasteiger partial charge in [0.25, 0.3) is 0 Å². The van der Waals surface area contributed by atoms with Gasteiger partial charge in [-0.1, -0.05) is 12.1 Å².